The molecule has 0 aliphatic heterocycles. The van der Waals surface area contributed by atoms with Gasteiger partial charge in [-0.05, 0) is 0 Å². The second-order valence-electron chi connectivity index (χ2n) is 1.57. The van der Waals surface area contributed by atoms with E-state index in [1.807, 2.05) is 0 Å². The number of hydrogen-bond donors (Lipinski definition) is 4. The number of aliphatic hydroxyl groups is 2. The first-order valence-corrected chi connectivity index (χ1v) is 2.28. The second-order valence-corrected chi connectivity index (χ2v) is 1.57. The molecular weight excluding hydrogens is 171 g/mol. The molecular formula is C4H6AlO6+3. The van der Waals surface area contributed by atoms with Crippen molar-refractivity contribution in [3.63, 3.8) is 0 Å². The Kier molecular flexibility index (Phi) is 6.03. The van der Waals surface area contributed by atoms with Gasteiger partial charge in [-0.3, -0.25) is 0 Å². The summed E-state index contributed by atoms with van der Waals surface area (Å²) < 4.78 is 0. The monoisotopic (exact) mass is 177 g/mol. The van der Waals surface area contributed by atoms with Crippen LogP contribution in [0.25, 0.3) is 0 Å². The van der Waals surface area contributed by atoms with Gasteiger partial charge in [0.25, 0.3) is 0 Å². The van der Waals surface area contributed by atoms with E-state index >= 15 is 0 Å². The Labute approximate surface area is 72.2 Å². The molecule has 58 valence electrons. The van der Waals surface area contributed by atoms with E-state index in [1.54, 1.807) is 0 Å². The van der Waals surface area contributed by atoms with Gasteiger partial charge in [-0.1, -0.05) is 0 Å². The Morgan fingerprint density at radius 2 is 1.09 bits per heavy atom. The molecule has 0 saturated carbocycles. The van der Waals surface area contributed by atoms with Crippen molar-refractivity contribution in [2.45, 2.75) is 12.2 Å². The van der Waals surface area contributed by atoms with Crippen molar-refractivity contribution in [3.05, 3.63) is 0 Å². The number of carboxylic acids is 2. The van der Waals surface area contributed by atoms with E-state index in [9.17, 15) is 9.59 Å². The van der Waals surface area contributed by atoms with Gasteiger partial charge in [0.2, 0.25) is 0 Å². The zero-order valence-electron chi connectivity index (χ0n) is 5.34. The summed E-state index contributed by atoms with van der Waals surface area (Å²) in [5.74, 6) is -3.54. The van der Waals surface area contributed by atoms with Crippen LogP contribution in [0.3, 0.4) is 0 Å². The van der Waals surface area contributed by atoms with Crippen molar-refractivity contribution in [3.8, 4) is 0 Å². The summed E-state index contributed by atoms with van der Waals surface area (Å²) in [7, 11) is 0. The number of rotatable bonds is 3. The molecule has 0 aliphatic carbocycles. The van der Waals surface area contributed by atoms with E-state index in [-0.39, 0.29) is 17.4 Å². The summed E-state index contributed by atoms with van der Waals surface area (Å²) in [6.45, 7) is 0. The van der Waals surface area contributed by atoms with E-state index in [0.29, 0.717) is 0 Å². The fraction of sp³-hybridized carbons (Fsp3) is 0.500. The average molecular weight is 177 g/mol. The molecule has 6 nitrogen and oxygen atoms in total. The Hall–Kier alpha value is -0.608. The molecule has 0 spiro atoms. The van der Waals surface area contributed by atoms with E-state index in [1.165, 1.54) is 0 Å². The van der Waals surface area contributed by atoms with E-state index < -0.39 is 24.1 Å². The van der Waals surface area contributed by atoms with Gasteiger partial charge in [-0.15, -0.1) is 0 Å². The van der Waals surface area contributed by atoms with E-state index in [0.717, 1.165) is 0 Å². The van der Waals surface area contributed by atoms with Gasteiger partial charge in [-0.25, -0.2) is 9.59 Å². The minimum Gasteiger partial charge on any atom is -0.479 e. The van der Waals surface area contributed by atoms with Crippen molar-refractivity contribution >= 4 is 29.3 Å². The summed E-state index contributed by atoms with van der Waals surface area (Å²) in [6, 6.07) is 0. The van der Waals surface area contributed by atoms with Crippen molar-refractivity contribution < 1.29 is 30.0 Å². The quantitative estimate of drug-likeness (QED) is 0.354. The van der Waals surface area contributed by atoms with Gasteiger partial charge in [0.05, 0.1) is 0 Å². The summed E-state index contributed by atoms with van der Waals surface area (Å²) in [5, 5.41) is 32.5. The van der Waals surface area contributed by atoms with Gasteiger partial charge in [0, 0.05) is 0 Å². The molecule has 0 bridgehead atoms. The maximum atomic E-state index is 9.77. The third-order valence-electron chi connectivity index (χ3n) is 0.805. The number of carboxylic acid groups (broad SMARTS) is 2. The molecule has 0 saturated heterocycles. The van der Waals surface area contributed by atoms with Crippen molar-refractivity contribution in [2.24, 2.45) is 0 Å². The van der Waals surface area contributed by atoms with E-state index in [4.69, 9.17) is 20.4 Å². The van der Waals surface area contributed by atoms with Crippen molar-refractivity contribution in [1.29, 1.82) is 0 Å². The molecule has 0 aromatic rings. The molecule has 4 N–H and O–H groups in total. The maximum Gasteiger partial charge on any atom is 3.00 e. The molecule has 0 aliphatic rings. The van der Waals surface area contributed by atoms with Crippen molar-refractivity contribution in [1.82, 2.24) is 0 Å². The molecule has 0 rings (SSSR count). The van der Waals surface area contributed by atoms with Gasteiger partial charge >= 0.3 is 29.3 Å². The average Bonchev–Trinajstić information content (AvgIpc) is 1.84. The Bertz CT molecular complexity index is 139. The standard InChI is InChI=1S/C4H6O6.Al/c5-1(3(7)8)2(6)4(9)10;/h1-2,5-6H,(H,7,8)(H,9,10);/q;+3. The van der Waals surface area contributed by atoms with Crippen LogP contribution in [0, 0.1) is 0 Å². The Morgan fingerprint density at radius 3 is 1.18 bits per heavy atom. The molecule has 7 heteroatoms. The van der Waals surface area contributed by atoms with Crippen LogP contribution in [0.4, 0.5) is 0 Å². The molecule has 2 atom stereocenters. The maximum absolute atomic E-state index is 9.77. The zero-order chi connectivity index (χ0) is 8.31. The van der Waals surface area contributed by atoms with Gasteiger partial charge < -0.3 is 20.4 Å². The largest absolute Gasteiger partial charge is 3.00 e. The van der Waals surface area contributed by atoms with Crippen LogP contribution in [0.1, 0.15) is 0 Å². The normalized spacial score (nSPS) is 14.4. The summed E-state index contributed by atoms with van der Waals surface area (Å²) >= 11 is 0. The van der Waals surface area contributed by atoms with Gasteiger partial charge in [-0.2, -0.15) is 0 Å². The number of aliphatic hydroxyl groups excluding tert-OH is 2. The third kappa shape index (κ3) is 3.95. The molecule has 0 amide bonds. The molecule has 0 heterocycles. The van der Waals surface area contributed by atoms with Crippen LogP contribution in [0.15, 0.2) is 0 Å². The molecule has 0 aromatic carbocycles. The van der Waals surface area contributed by atoms with Crippen LogP contribution in [0.2, 0.25) is 0 Å². The van der Waals surface area contributed by atoms with Crippen LogP contribution >= 0.6 is 0 Å². The third-order valence-corrected chi connectivity index (χ3v) is 0.805. The van der Waals surface area contributed by atoms with E-state index in [2.05, 4.69) is 0 Å². The molecule has 0 radical (unpaired) electrons. The zero-order valence-corrected chi connectivity index (χ0v) is 6.49. The Balaban J connectivity index is 0. The summed E-state index contributed by atoms with van der Waals surface area (Å²) in [4.78, 5) is 19.5. The molecule has 2 unspecified atom stereocenters. The first kappa shape index (κ1) is 13.0. The van der Waals surface area contributed by atoms with Gasteiger partial charge in [0.15, 0.2) is 12.2 Å². The van der Waals surface area contributed by atoms with Gasteiger partial charge in [0.1, 0.15) is 0 Å². The molecule has 0 fully saturated rings. The second kappa shape index (κ2) is 5.10. The predicted octanol–water partition coefficient (Wildman–Crippen LogP) is -2.50. The summed E-state index contributed by atoms with van der Waals surface area (Å²) in [6.07, 6.45) is -4.53. The number of hydrogen-bond acceptors (Lipinski definition) is 4. The number of carbonyl (C=O) groups is 2. The first-order chi connectivity index (χ1) is 4.46. The molecule has 0 aromatic heterocycles. The first-order valence-electron chi connectivity index (χ1n) is 2.28. The number of aliphatic carboxylic acids is 2. The topological polar surface area (TPSA) is 115 Å². The fourth-order valence-electron chi connectivity index (χ4n) is 0.270. The Morgan fingerprint density at radius 1 is 0.909 bits per heavy atom. The van der Waals surface area contributed by atoms with Crippen LogP contribution in [0.5, 0.6) is 0 Å². The van der Waals surface area contributed by atoms with Crippen molar-refractivity contribution in [2.75, 3.05) is 0 Å². The fourth-order valence-corrected chi connectivity index (χ4v) is 0.270. The van der Waals surface area contributed by atoms with Crippen LogP contribution in [-0.4, -0.2) is 61.9 Å². The molecule has 11 heavy (non-hydrogen) atoms. The SMILES string of the molecule is O=C(O)C(O)C(O)C(=O)O.[Al+3]. The smallest absolute Gasteiger partial charge is 0.479 e. The summed E-state index contributed by atoms with van der Waals surface area (Å²) in [5.41, 5.74) is 0. The minimum absolute atomic E-state index is 0. The minimum atomic E-state index is -2.27. The van der Waals surface area contributed by atoms with Crippen LogP contribution < -0.4 is 0 Å². The predicted molar refractivity (Wildman–Crippen MR) is 33.0 cm³/mol. The van der Waals surface area contributed by atoms with Crippen LogP contribution in [-0.2, 0) is 9.59 Å².